The first-order chi connectivity index (χ1) is 13.5. The van der Waals surface area contributed by atoms with E-state index in [2.05, 4.69) is 10.4 Å². The number of nitrogens with zero attached hydrogens (tertiary/aromatic N) is 3. The van der Waals surface area contributed by atoms with Gasteiger partial charge in [0.2, 0.25) is 0 Å². The molecule has 1 heterocycles. The topological polar surface area (TPSA) is 102 Å². The molecule has 1 aromatic heterocycles. The summed E-state index contributed by atoms with van der Waals surface area (Å²) in [6.07, 6.45) is 2.93. The van der Waals surface area contributed by atoms with Gasteiger partial charge in [0.1, 0.15) is 18.5 Å². The van der Waals surface area contributed by atoms with Gasteiger partial charge in [-0.3, -0.25) is 14.8 Å². The Bertz CT molecular complexity index is 913. The van der Waals surface area contributed by atoms with Crippen LogP contribution in [0.1, 0.15) is 17.2 Å². The quantitative estimate of drug-likeness (QED) is 0.435. The predicted octanol–water partition coefficient (Wildman–Crippen LogP) is 2.45. The van der Waals surface area contributed by atoms with Gasteiger partial charge in [-0.05, 0) is 11.6 Å². The van der Waals surface area contributed by atoms with Crippen LogP contribution in [-0.2, 0) is 7.05 Å². The van der Waals surface area contributed by atoms with E-state index >= 15 is 0 Å². The lowest BCUT2D eigenvalue weighted by atomic mass is 10.0. The molecule has 0 spiro atoms. The average molecular weight is 382 g/mol. The van der Waals surface area contributed by atoms with Crippen molar-refractivity contribution in [2.75, 3.05) is 13.2 Å². The third-order valence-electron chi connectivity index (χ3n) is 4.22. The number of non-ortho nitro benzene ring substituents is 1. The fourth-order valence-corrected chi connectivity index (χ4v) is 2.85. The number of rotatable bonds is 9. The Hall–Kier alpha value is -3.23. The zero-order valence-corrected chi connectivity index (χ0v) is 15.4. The standard InChI is InChI=1S/C20H22N4O4/c1-23-13-16(11-22-23)20(15-6-3-2-4-7-15)21-12-18(25)14-28-19-9-5-8-17(10-19)24(26)27/h2-11,13,18,20-21,25H,12,14H2,1H3. The van der Waals surface area contributed by atoms with Crippen molar-refractivity contribution in [1.82, 2.24) is 15.1 Å². The lowest BCUT2D eigenvalue weighted by Crippen LogP contribution is -2.34. The summed E-state index contributed by atoms with van der Waals surface area (Å²) in [5, 5.41) is 28.7. The number of aliphatic hydroxyl groups excluding tert-OH is 1. The van der Waals surface area contributed by atoms with E-state index in [0.717, 1.165) is 11.1 Å². The second-order valence-electron chi connectivity index (χ2n) is 6.42. The molecule has 28 heavy (non-hydrogen) atoms. The molecule has 2 unspecified atom stereocenters. The molecule has 0 aliphatic rings. The highest BCUT2D eigenvalue weighted by atomic mass is 16.6. The highest BCUT2D eigenvalue weighted by molar-refractivity contribution is 5.38. The Balaban J connectivity index is 1.60. The average Bonchev–Trinajstić information content (AvgIpc) is 3.13. The molecule has 0 radical (unpaired) electrons. The van der Waals surface area contributed by atoms with Crippen LogP contribution < -0.4 is 10.1 Å². The van der Waals surface area contributed by atoms with Gasteiger partial charge in [0.15, 0.2) is 0 Å². The summed E-state index contributed by atoms with van der Waals surface area (Å²) in [5.74, 6) is 0.347. The van der Waals surface area contributed by atoms with E-state index < -0.39 is 11.0 Å². The zero-order valence-electron chi connectivity index (χ0n) is 15.4. The number of hydrogen-bond acceptors (Lipinski definition) is 6. The molecule has 146 valence electrons. The second kappa shape index (κ2) is 9.12. The maximum Gasteiger partial charge on any atom is 0.273 e. The number of hydrogen-bond donors (Lipinski definition) is 2. The van der Waals surface area contributed by atoms with Gasteiger partial charge in [0, 0.05) is 31.4 Å². The third kappa shape index (κ3) is 5.15. The van der Waals surface area contributed by atoms with Crippen molar-refractivity contribution in [3.8, 4) is 5.75 Å². The highest BCUT2D eigenvalue weighted by Crippen LogP contribution is 2.22. The van der Waals surface area contributed by atoms with Crippen LogP contribution >= 0.6 is 0 Å². The number of benzene rings is 2. The lowest BCUT2D eigenvalue weighted by Gasteiger charge is -2.20. The number of ether oxygens (including phenoxy) is 1. The van der Waals surface area contributed by atoms with Crippen molar-refractivity contribution in [3.63, 3.8) is 0 Å². The molecule has 8 nitrogen and oxygen atoms in total. The largest absolute Gasteiger partial charge is 0.491 e. The minimum Gasteiger partial charge on any atom is -0.491 e. The Morgan fingerprint density at radius 1 is 1.21 bits per heavy atom. The van der Waals surface area contributed by atoms with Crippen molar-refractivity contribution in [2.24, 2.45) is 7.05 Å². The minimum atomic E-state index is -0.790. The zero-order chi connectivity index (χ0) is 19.9. The third-order valence-corrected chi connectivity index (χ3v) is 4.22. The molecule has 2 N–H and O–H groups in total. The van der Waals surface area contributed by atoms with Crippen molar-refractivity contribution >= 4 is 5.69 Å². The molecule has 0 aliphatic heterocycles. The van der Waals surface area contributed by atoms with Crippen LogP contribution in [0.2, 0.25) is 0 Å². The van der Waals surface area contributed by atoms with E-state index in [-0.39, 0.29) is 24.9 Å². The van der Waals surface area contributed by atoms with Gasteiger partial charge in [-0.15, -0.1) is 0 Å². The van der Waals surface area contributed by atoms with Gasteiger partial charge in [0.25, 0.3) is 5.69 Å². The van der Waals surface area contributed by atoms with Gasteiger partial charge in [-0.1, -0.05) is 36.4 Å². The fourth-order valence-electron chi connectivity index (χ4n) is 2.85. The minimum absolute atomic E-state index is 0.0166. The van der Waals surface area contributed by atoms with Gasteiger partial charge in [-0.2, -0.15) is 5.10 Å². The molecular weight excluding hydrogens is 360 g/mol. The molecule has 2 atom stereocenters. The first kappa shape index (κ1) is 19.5. The lowest BCUT2D eigenvalue weighted by molar-refractivity contribution is -0.384. The number of aryl methyl sites for hydroxylation is 1. The summed E-state index contributed by atoms with van der Waals surface area (Å²) in [6.45, 7) is 0.298. The Labute approximate surface area is 162 Å². The number of nitrogens with one attached hydrogen (secondary N) is 1. The van der Waals surface area contributed by atoms with E-state index in [0.29, 0.717) is 5.75 Å². The van der Waals surface area contributed by atoms with E-state index in [1.54, 1.807) is 23.0 Å². The van der Waals surface area contributed by atoms with Gasteiger partial charge in [-0.25, -0.2) is 0 Å². The smallest absolute Gasteiger partial charge is 0.273 e. The summed E-state index contributed by atoms with van der Waals surface area (Å²) in [6, 6.07) is 15.7. The Kier molecular flexibility index (Phi) is 6.36. The van der Waals surface area contributed by atoms with Crippen LogP contribution in [-0.4, -0.2) is 39.1 Å². The summed E-state index contributed by atoms with van der Waals surface area (Å²) in [5.41, 5.74) is 1.99. The van der Waals surface area contributed by atoms with Crippen LogP contribution in [0.25, 0.3) is 0 Å². The van der Waals surface area contributed by atoms with Gasteiger partial charge in [0.05, 0.1) is 23.2 Å². The molecule has 2 aromatic carbocycles. The Morgan fingerprint density at radius 2 is 2.00 bits per heavy atom. The first-order valence-corrected chi connectivity index (χ1v) is 8.85. The van der Waals surface area contributed by atoms with Crippen LogP contribution in [0.3, 0.4) is 0 Å². The maximum absolute atomic E-state index is 10.8. The first-order valence-electron chi connectivity index (χ1n) is 8.85. The molecule has 0 saturated heterocycles. The van der Waals surface area contributed by atoms with E-state index in [1.165, 1.54) is 12.1 Å². The highest BCUT2D eigenvalue weighted by Gasteiger charge is 2.17. The van der Waals surface area contributed by atoms with E-state index in [4.69, 9.17) is 4.74 Å². The molecule has 0 saturated carbocycles. The van der Waals surface area contributed by atoms with Crippen LogP contribution in [0.5, 0.6) is 5.75 Å². The Morgan fingerprint density at radius 3 is 2.68 bits per heavy atom. The fraction of sp³-hybridized carbons (Fsp3) is 0.250. The number of aromatic nitrogens is 2. The summed E-state index contributed by atoms with van der Waals surface area (Å²) >= 11 is 0. The van der Waals surface area contributed by atoms with Gasteiger partial charge < -0.3 is 15.2 Å². The SMILES string of the molecule is Cn1cc(C(NCC(O)COc2cccc([N+](=O)[O-])c2)c2ccccc2)cn1. The molecule has 0 amide bonds. The molecule has 8 heteroatoms. The summed E-state index contributed by atoms with van der Waals surface area (Å²) in [4.78, 5) is 10.3. The van der Waals surface area contributed by atoms with Crippen LogP contribution in [0.15, 0.2) is 67.0 Å². The summed E-state index contributed by atoms with van der Waals surface area (Å²) < 4.78 is 7.23. The molecule has 3 aromatic rings. The number of nitro benzene ring substituents is 1. The normalized spacial score (nSPS) is 13.1. The monoisotopic (exact) mass is 382 g/mol. The van der Waals surface area contributed by atoms with Crippen molar-refractivity contribution < 1.29 is 14.8 Å². The maximum atomic E-state index is 10.8. The molecule has 0 fully saturated rings. The van der Waals surface area contributed by atoms with Crippen molar-refractivity contribution in [2.45, 2.75) is 12.1 Å². The molecular formula is C20H22N4O4. The van der Waals surface area contributed by atoms with Crippen LogP contribution in [0.4, 0.5) is 5.69 Å². The number of nitro groups is 1. The number of aliphatic hydroxyl groups is 1. The summed E-state index contributed by atoms with van der Waals surface area (Å²) in [7, 11) is 1.85. The molecule has 3 rings (SSSR count). The van der Waals surface area contributed by atoms with Crippen molar-refractivity contribution in [1.29, 1.82) is 0 Å². The molecule has 0 bridgehead atoms. The van der Waals surface area contributed by atoms with Crippen molar-refractivity contribution in [3.05, 3.63) is 88.2 Å². The molecule has 0 aliphatic carbocycles. The van der Waals surface area contributed by atoms with E-state index in [1.807, 2.05) is 43.6 Å². The van der Waals surface area contributed by atoms with E-state index in [9.17, 15) is 15.2 Å². The van der Waals surface area contributed by atoms with Gasteiger partial charge >= 0.3 is 0 Å². The van der Waals surface area contributed by atoms with Crippen LogP contribution in [0, 0.1) is 10.1 Å². The second-order valence-corrected chi connectivity index (χ2v) is 6.42. The predicted molar refractivity (Wildman–Crippen MR) is 104 cm³/mol.